The standard InChI is InChI=1S/C12H21N3O4/c1-4-6-9(11(17)18)14-12(19)15(7-5-2)8-10(16)13-3/h4,9H,1,5-8H2,2-3H3,(H,13,16)(H,14,19)(H,17,18). The van der Waals surface area contributed by atoms with Crippen molar-refractivity contribution in [3.8, 4) is 0 Å². The van der Waals surface area contributed by atoms with E-state index >= 15 is 0 Å². The van der Waals surface area contributed by atoms with Crippen molar-refractivity contribution in [3.05, 3.63) is 12.7 Å². The van der Waals surface area contributed by atoms with Crippen LogP contribution in [0, 0.1) is 0 Å². The summed E-state index contributed by atoms with van der Waals surface area (Å²) in [5.74, 6) is -1.44. The summed E-state index contributed by atoms with van der Waals surface area (Å²) < 4.78 is 0. The number of amides is 3. The van der Waals surface area contributed by atoms with Gasteiger partial charge in [-0.25, -0.2) is 9.59 Å². The molecule has 0 aliphatic rings. The van der Waals surface area contributed by atoms with E-state index < -0.39 is 18.0 Å². The Bertz CT molecular complexity index is 344. The first kappa shape index (κ1) is 16.9. The number of urea groups is 1. The maximum Gasteiger partial charge on any atom is 0.326 e. The smallest absolute Gasteiger partial charge is 0.326 e. The van der Waals surface area contributed by atoms with E-state index in [-0.39, 0.29) is 18.9 Å². The van der Waals surface area contributed by atoms with Gasteiger partial charge in [0.25, 0.3) is 0 Å². The van der Waals surface area contributed by atoms with Gasteiger partial charge in [0.05, 0.1) is 0 Å². The fourth-order valence-electron chi connectivity index (χ4n) is 1.40. The number of carboxylic acid groups (broad SMARTS) is 1. The van der Waals surface area contributed by atoms with E-state index in [2.05, 4.69) is 17.2 Å². The highest BCUT2D eigenvalue weighted by Gasteiger charge is 2.22. The van der Waals surface area contributed by atoms with Gasteiger partial charge in [-0.15, -0.1) is 6.58 Å². The van der Waals surface area contributed by atoms with Gasteiger partial charge >= 0.3 is 12.0 Å². The maximum absolute atomic E-state index is 11.9. The second kappa shape index (κ2) is 8.96. The van der Waals surface area contributed by atoms with E-state index in [9.17, 15) is 14.4 Å². The fraction of sp³-hybridized carbons (Fsp3) is 0.583. The number of aliphatic carboxylic acids is 1. The topological polar surface area (TPSA) is 98.7 Å². The number of carboxylic acids is 1. The van der Waals surface area contributed by atoms with Gasteiger partial charge in [-0.1, -0.05) is 13.0 Å². The van der Waals surface area contributed by atoms with Crippen LogP contribution in [-0.4, -0.2) is 54.1 Å². The van der Waals surface area contributed by atoms with Crippen LogP contribution in [0.4, 0.5) is 4.79 Å². The minimum Gasteiger partial charge on any atom is -0.480 e. The molecule has 0 aromatic heterocycles. The highest BCUT2D eigenvalue weighted by atomic mass is 16.4. The van der Waals surface area contributed by atoms with Crippen LogP contribution in [-0.2, 0) is 9.59 Å². The number of hydrogen-bond acceptors (Lipinski definition) is 3. The van der Waals surface area contributed by atoms with Crippen LogP contribution < -0.4 is 10.6 Å². The van der Waals surface area contributed by atoms with Crippen LogP contribution in [0.1, 0.15) is 19.8 Å². The molecule has 0 heterocycles. The first-order chi connectivity index (χ1) is 8.96. The number of carbonyl (C=O) groups excluding carboxylic acids is 2. The molecular weight excluding hydrogens is 250 g/mol. The summed E-state index contributed by atoms with van der Waals surface area (Å²) in [5, 5.41) is 13.7. The molecule has 0 aromatic rings. The third-order valence-corrected chi connectivity index (χ3v) is 2.39. The van der Waals surface area contributed by atoms with E-state index in [1.165, 1.54) is 18.0 Å². The van der Waals surface area contributed by atoms with E-state index in [0.717, 1.165) is 0 Å². The average Bonchev–Trinajstić information content (AvgIpc) is 2.37. The van der Waals surface area contributed by atoms with Gasteiger partial charge in [0, 0.05) is 13.6 Å². The molecule has 108 valence electrons. The van der Waals surface area contributed by atoms with Gasteiger partial charge in [0.1, 0.15) is 12.6 Å². The summed E-state index contributed by atoms with van der Waals surface area (Å²) in [4.78, 5) is 35.4. The zero-order valence-corrected chi connectivity index (χ0v) is 11.3. The SMILES string of the molecule is C=CCC(NC(=O)N(CCC)CC(=O)NC)C(=O)O. The summed E-state index contributed by atoms with van der Waals surface area (Å²) >= 11 is 0. The Balaban J connectivity index is 4.64. The molecule has 19 heavy (non-hydrogen) atoms. The molecule has 7 heteroatoms. The minimum absolute atomic E-state index is 0.101. The predicted molar refractivity (Wildman–Crippen MR) is 70.7 cm³/mol. The highest BCUT2D eigenvalue weighted by Crippen LogP contribution is 1.98. The fourth-order valence-corrected chi connectivity index (χ4v) is 1.40. The van der Waals surface area contributed by atoms with E-state index in [4.69, 9.17) is 5.11 Å². The van der Waals surface area contributed by atoms with Crippen LogP contribution in [0.25, 0.3) is 0 Å². The van der Waals surface area contributed by atoms with Crippen molar-refractivity contribution in [3.63, 3.8) is 0 Å². The first-order valence-corrected chi connectivity index (χ1v) is 6.05. The molecule has 1 atom stereocenters. The van der Waals surface area contributed by atoms with Crippen molar-refractivity contribution in [2.75, 3.05) is 20.1 Å². The number of nitrogens with zero attached hydrogens (tertiary/aromatic N) is 1. The molecule has 0 rings (SSSR count). The van der Waals surface area contributed by atoms with Crippen LogP contribution in [0.2, 0.25) is 0 Å². The van der Waals surface area contributed by atoms with Crippen molar-refractivity contribution < 1.29 is 19.5 Å². The molecule has 1 unspecified atom stereocenters. The molecule has 7 nitrogen and oxygen atoms in total. The summed E-state index contributed by atoms with van der Waals surface area (Å²) in [5.41, 5.74) is 0. The molecule has 0 radical (unpaired) electrons. The van der Waals surface area contributed by atoms with Gasteiger partial charge in [-0.3, -0.25) is 4.79 Å². The third-order valence-electron chi connectivity index (χ3n) is 2.39. The van der Waals surface area contributed by atoms with Gasteiger partial charge < -0.3 is 20.6 Å². The molecule has 0 fully saturated rings. The average molecular weight is 271 g/mol. The Morgan fingerprint density at radius 3 is 2.47 bits per heavy atom. The Morgan fingerprint density at radius 2 is 2.05 bits per heavy atom. The lowest BCUT2D eigenvalue weighted by Crippen LogP contribution is -2.50. The predicted octanol–water partition coefficient (Wildman–Crippen LogP) is 0.183. The monoisotopic (exact) mass is 271 g/mol. The third kappa shape index (κ3) is 6.44. The molecule has 0 spiro atoms. The van der Waals surface area contributed by atoms with Gasteiger partial charge in [0.15, 0.2) is 0 Å². The second-order valence-electron chi connectivity index (χ2n) is 3.96. The highest BCUT2D eigenvalue weighted by molar-refractivity contribution is 5.86. The number of hydrogen-bond donors (Lipinski definition) is 3. The number of carbonyl (C=O) groups is 3. The number of rotatable bonds is 8. The van der Waals surface area contributed by atoms with Gasteiger partial charge in [-0.2, -0.15) is 0 Å². The Labute approximate surface area is 112 Å². The lowest BCUT2D eigenvalue weighted by Gasteiger charge is -2.23. The molecule has 3 N–H and O–H groups in total. The summed E-state index contributed by atoms with van der Waals surface area (Å²) in [6.07, 6.45) is 2.21. The van der Waals surface area contributed by atoms with Crippen molar-refractivity contribution in [2.45, 2.75) is 25.8 Å². The van der Waals surface area contributed by atoms with Crippen molar-refractivity contribution in [2.24, 2.45) is 0 Å². The number of likely N-dealkylation sites (N-methyl/N-ethyl adjacent to an activating group) is 1. The van der Waals surface area contributed by atoms with E-state index in [1.807, 2.05) is 6.92 Å². The van der Waals surface area contributed by atoms with Crippen LogP contribution >= 0.6 is 0 Å². The quantitative estimate of drug-likeness (QED) is 0.548. The molecule has 0 aliphatic carbocycles. The number of nitrogens with one attached hydrogen (secondary N) is 2. The molecule has 0 saturated carbocycles. The van der Waals surface area contributed by atoms with Crippen LogP contribution in [0.15, 0.2) is 12.7 Å². The lowest BCUT2D eigenvalue weighted by molar-refractivity contribution is -0.139. The van der Waals surface area contributed by atoms with E-state index in [1.54, 1.807) is 0 Å². The Morgan fingerprint density at radius 1 is 1.42 bits per heavy atom. The lowest BCUT2D eigenvalue weighted by atomic mass is 10.2. The van der Waals surface area contributed by atoms with Crippen molar-refractivity contribution in [1.82, 2.24) is 15.5 Å². The summed E-state index contributed by atoms with van der Waals surface area (Å²) in [7, 11) is 1.47. The van der Waals surface area contributed by atoms with Crippen LogP contribution in [0.5, 0.6) is 0 Å². The first-order valence-electron chi connectivity index (χ1n) is 6.05. The van der Waals surface area contributed by atoms with Crippen molar-refractivity contribution >= 4 is 17.9 Å². The molecule has 0 bridgehead atoms. The summed E-state index contributed by atoms with van der Waals surface area (Å²) in [6.45, 7) is 5.58. The van der Waals surface area contributed by atoms with Crippen molar-refractivity contribution in [1.29, 1.82) is 0 Å². The summed E-state index contributed by atoms with van der Waals surface area (Å²) in [6, 6.07) is -1.60. The molecule has 0 aliphatic heterocycles. The molecular formula is C12H21N3O4. The minimum atomic E-state index is -1.13. The Hall–Kier alpha value is -2.05. The largest absolute Gasteiger partial charge is 0.480 e. The molecule has 0 saturated heterocycles. The normalized spacial score (nSPS) is 11.3. The Kier molecular flexibility index (Phi) is 7.99. The zero-order chi connectivity index (χ0) is 14.8. The van der Waals surface area contributed by atoms with E-state index in [0.29, 0.717) is 13.0 Å². The van der Waals surface area contributed by atoms with Gasteiger partial charge in [0.2, 0.25) is 5.91 Å². The zero-order valence-electron chi connectivity index (χ0n) is 11.3. The molecule has 0 aromatic carbocycles. The van der Waals surface area contributed by atoms with Crippen LogP contribution in [0.3, 0.4) is 0 Å². The second-order valence-corrected chi connectivity index (χ2v) is 3.96. The molecule has 3 amide bonds. The maximum atomic E-state index is 11.9. The van der Waals surface area contributed by atoms with Gasteiger partial charge in [-0.05, 0) is 12.8 Å².